The number of halogens is 2. The number of hydrogen-bond acceptors (Lipinski definition) is 2. The van der Waals surface area contributed by atoms with E-state index in [4.69, 9.17) is 23.2 Å². The van der Waals surface area contributed by atoms with E-state index in [0.29, 0.717) is 21.3 Å². The van der Waals surface area contributed by atoms with Gasteiger partial charge in [-0.1, -0.05) is 53.5 Å². The average molecular weight is 304 g/mol. The van der Waals surface area contributed by atoms with Gasteiger partial charge in [-0.15, -0.1) is 0 Å². The summed E-state index contributed by atoms with van der Waals surface area (Å²) in [5.41, 5.74) is 1.28. The third kappa shape index (κ3) is 2.38. The molecule has 0 radical (unpaired) electrons. The van der Waals surface area contributed by atoms with E-state index in [-0.39, 0.29) is 0 Å². The second-order valence-corrected chi connectivity index (χ2v) is 5.31. The van der Waals surface area contributed by atoms with E-state index in [1.54, 1.807) is 24.4 Å². The van der Waals surface area contributed by atoms with Crippen molar-refractivity contribution in [2.75, 3.05) is 0 Å². The van der Waals surface area contributed by atoms with Crippen LogP contribution in [-0.2, 0) is 0 Å². The second kappa shape index (κ2) is 5.41. The monoisotopic (exact) mass is 303 g/mol. The van der Waals surface area contributed by atoms with Crippen LogP contribution in [0.15, 0.2) is 54.7 Å². The molecule has 1 unspecified atom stereocenters. The SMILES string of the molecule is OC(c1ccc(Cl)c(Cl)c1)c1nccc2ccccc12. The Labute approximate surface area is 126 Å². The zero-order valence-electron chi connectivity index (χ0n) is 10.4. The Bertz CT molecular complexity index is 768. The van der Waals surface area contributed by atoms with Crippen molar-refractivity contribution >= 4 is 34.0 Å². The summed E-state index contributed by atoms with van der Waals surface area (Å²) in [5, 5.41) is 13.4. The van der Waals surface area contributed by atoms with E-state index in [1.165, 1.54) is 0 Å². The van der Waals surface area contributed by atoms with Gasteiger partial charge in [0.15, 0.2) is 0 Å². The number of benzene rings is 2. The lowest BCUT2D eigenvalue weighted by atomic mass is 10.0. The minimum Gasteiger partial charge on any atom is -0.382 e. The lowest BCUT2D eigenvalue weighted by Crippen LogP contribution is -2.03. The number of aliphatic hydroxyl groups is 1. The molecule has 2 aromatic carbocycles. The molecule has 0 aliphatic rings. The molecule has 0 spiro atoms. The van der Waals surface area contributed by atoms with Crippen LogP contribution >= 0.6 is 23.2 Å². The fourth-order valence-electron chi connectivity index (χ4n) is 2.20. The van der Waals surface area contributed by atoms with E-state index < -0.39 is 6.10 Å². The first-order valence-corrected chi connectivity index (χ1v) is 6.89. The van der Waals surface area contributed by atoms with Crippen molar-refractivity contribution in [3.8, 4) is 0 Å². The highest BCUT2D eigenvalue weighted by atomic mass is 35.5. The molecule has 3 rings (SSSR count). The van der Waals surface area contributed by atoms with Crippen molar-refractivity contribution in [2.45, 2.75) is 6.10 Å². The molecule has 1 aromatic heterocycles. The summed E-state index contributed by atoms with van der Waals surface area (Å²) in [7, 11) is 0. The van der Waals surface area contributed by atoms with Crippen LogP contribution in [0.1, 0.15) is 17.4 Å². The Morgan fingerprint density at radius 3 is 2.55 bits per heavy atom. The van der Waals surface area contributed by atoms with Crippen molar-refractivity contribution in [1.82, 2.24) is 4.98 Å². The van der Waals surface area contributed by atoms with Crippen molar-refractivity contribution in [1.29, 1.82) is 0 Å². The molecule has 0 aliphatic heterocycles. The summed E-state index contributed by atoms with van der Waals surface area (Å²) < 4.78 is 0. The van der Waals surface area contributed by atoms with Gasteiger partial charge in [-0.05, 0) is 29.1 Å². The van der Waals surface area contributed by atoms with Crippen molar-refractivity contribution < 1.29 is 5.11 Å². The number of aromatic nitrogens is 1. The molecular formula is C16H11Cl2NO. The Morgan fingerprint density at radius 2 is 1.75 bits per heavy atom. The van der Waals surface area contributed by atoms with Gasteiger partial charge in [0.1, 0.15) is 6.10 Å². The molecule has 1 N–H and O–H groups in total. The summed E-state index contributed by atoms with van der Waals surface area (Å²) in [6, 6.07) is 14.8. The highest BCUT2D eigenvalue weighted by Crippen LogP contribution is 2.30. The molecule has 0 aliphatic carbocycles. The molecule has 20 heavy (non-hydrogen) atoms. The lowest BCUT2D eigenvalue weighted by molar-refractivity contribution is 0.217. The van der Waals surface area contributed by atoms with Gasteiger partial charge in [0.05, 0.1) is 15.7 Å². The Hall–Kier alpha value is -1.61. The zero-order valence-corrected chi connectivity index (χ0v) is 11.9. The van der Waals surface area contributed by atoms with E-state index >= 15 is 0 Å². The molecule has 2 nitrogen and oxygen atoms in total. The third-order valence-electron chi connectivity index (χ3n) is 3.22. The van der Waals surface area contributed by atoms with Crippen LogP contribution in [0.4, 0.5) is 0 Å². The van der Waals surface area contributed by atoms with E-state index in [1.807, 2.05) is 30.3 Å². The normalized spacial score (nSPS) is 12.6. The minimum absolute atomic E-state index is 0.420. The largest absolute Gasteiger partial charge is 0.382 e. The number of fused-ring (bicyclic) bond motifs is 1. The molecule has 0 bridgehead atoms. The summed E-state index contributed by atoms with van der Waals surface area (Å²) in [4.78, 5) is 4.31. The van der Waals surface area contributed by atoms with Gasteiger partial charge in [-0.25, -0.2) is 0 Å². The first-order chi connectivity index (χ1) is 9.66. The van der Waals surface area contributed by atoms with Gasteiger partial charge < -0.3 is 5.11 Å². The molecule has 0 saturated heterocycles. The standard InChI is InChI=1S/C16H11Cl2NO/c17-13-6-5-11(9-14(13)18)16(20)15-12-4-2-1-3-10(12)7-8-19-15/h1-9,16,20H. The summed E-state index contributed by atoms with van der Waals surface area (Å²) in [6.07, 6.45) is 0.856. The number of hydrogen-bond donors (Lipinski definition) is 1. The molecule has 100 valence electrons. The van der Waals surface area contributed by atoms with Crippen molar-refractivity contribution in [3.05, 3.63) is 76.0 Å². The minimum atomic E-state index is -0.837. The number of nitrogens with zero attached hydrogens (tertiary/aromatic N) is 1. The maximum Gasteiger partial charge on any atom is 0.122 e. The lowest BCUT2D eigenvalue weighted by Gasteiger charge is -2.13. The summed E-state index contributed by atoms with van der Waals surface area (Å²) in [6.45, 7) is 0. The quantitative estimate of drug-likeness (QED) is 0.749. The van der Waals surface area contributed by atoms with E-state index in [2.05, 4.69) is 4.98 Å². The smallest absolute Gasteiger partial charge is 0.122 e. The third-order valence-corrected chi connectivity index (χ3v) is 3.96. The molecular weight excluding hydrogens is 293 g/mol. The van der Waals surface area contributed by atoms with Gasteiger partial charge in [0.25, 0.3) is 0 Å². The van der Waals surface area contributed by atoms with Crippen LogP contribution in [-0.4, -0.2) is 10.1 Å². The van der Waals surface area contributed by atoms with Crippen molar-refractivity contribution in [2.24, 2.45) is 0 Å². The highest BCUT2D eigenvalue weighted by Gasteiger charge is 2.16. The average Bonchev–Trinajstić information content (AvgIpc) is 2.49. The van der Waals surface area contributed by atoms with Crippen LogP contribution in [0.3, 0.4) is 0 Å². The predicted octanol–water partition coefficient (Wildman–Crippen LogP) is 4.62. The molecule has 0 fully saturated rings. The number of rotatable bonds is 2. The highest BCUT2D eigenvalue weighted by molar-refractivity contribution is 6.42. The predicted molar refractivity (Wildman–Crippen MR) is 82.3 cm³/mol. The van der Waals surface area contributed by atoms with Gasteiger partial charge in [0, 0.05) is 11.6 Å². The zero-order chi connectivity index (χ0) is 14.1. The molecule has 0 amide bonds. The second-order valence-electron chi connectivity index (χ2n) is 4.49. The number of aliphatic hydroxyl groups excluding tert-OH is 1. The maximum atomic E-state index is 10.5. The first kappa shape index (κ1) is 13.4. The first-order valence-electron chi connectivity index (χ1n) is 6.13. The Balaban J connectivity index is 2.12. The van der Waals surface area contributed by atoms with Gasteiger partial charge in [0.2, 0.25) is 0 Å². The van der Waals surface area contributed by atoms with Crippen LogP contribution in [0.5, 0.6) is 0 Å². The Morgan fingerprint density at radius 1 is 0.950 bits per heavy atom. The van der Waals surface area contributed by atoms with Crippen LogP contribution in [0.25, 0.3) is 10.8 Å². The van der Waals surface area contributed by atoms with Crippen LogP contribution < -0.4 is 0 Å². The number of pyridine rings is 1. The molecule has 0 saturated carbocycles. The Kier molecular flexibility index (Phi) is 3.62. The molecule has 1 heterocycles. The van der Waals surface area contributed by atoms with E-state index in [9.17, 15) is 5.11 Å². The maximum absolute atomic E-state index is 10.5. The van der Waals surface area contributed by atoms with Crippen LogP contribution in [0, 0.1) is 0 Å². The fourth-order valence-corrected chi connectivity index (χ4v) is 2.51. The van der Waals surface area contributed by atoms with Gasteiger partial charge >= 0.3 is 0 Å². The molecule has 1 atom stereocenters. The summed E-state index contributed by atoms with van der Waals surface area (Å²) >= 11 is 11.9. The van der Waals surface area contributed by atoms with Crippen LogP contribution in [0.2, 0.25) is 10.0 Å². The summed E-state index contributed by atoms with van der Waals surface area (Å²) in [5.74, 6) is 0. The van der Waals surface area contributed by atoms with Crippen molar-refractivity contribution in [3.63, 3.8) is 0 Å². The molecule has 3 aromatic rings. The van der Waals surface area contributed by atoms with E-state index in [0.717, 1.165) is 10.8 Å². The topological polar surface area (TPSA) is 33.1 Å². The van der Waals surface area contributed by atoms with Gasteiger partial charge in [-0.2, -0.15) is 0 Å². The molecule has 4 heteroatoms. The van der Waals surface area contributed by atoms with Gasteiger partial charge in [-0.3, -0.25) is 4.98 Å². The fraction of sp³-hybridized carbons (Fsp3) is 0.0625.